The van der Waals surface area contributed by atoms with E-state index in [0.717, 1.165) is 12.5 Å². The van der Waals surface area contributed by atoms with E-state index in [1.54, 1.807) is 0 Å². The smallest absolute Gasteiger partial charge is 0.419 e. The molecule has 6 heteroatoms. The van der Waals surface area contributed by atoms with Gasteiger partial charge in [-0.1, -0.05) is 25.5 Å². The average molecular weight is 277 g/mol. The summed E-state index contributed by atoms with van der Waals surface area (Å²) in [5.41, 5.74) is 4.92. The van der Waals surface area contributed by atoms with Crippen LogP contribution in [0.3, 0.4) is 0 Å². The second kappa shape index (κ2) is 6.77. The van der Waals surface area contributed by atoms with Gasteiger partial charge in [-0.3, -0.25) is 0 Å². The highest BCUT2D eigenvalue weighted by molar-refractivity contribution is 5.35. The van der Waals surface area contributed by atoms with Gasteiger partial charge < -0.3 is 15.6 Å². The molecule has 1 aromatic carbocycles. The minimum atomic E-state index is -4.49. The summed E-state index contributed by atoms with van der Waals surface area (Å²) in [6.07, 6.45) is -4.00. The van der Waals surface area contributed by atoms with Gasteiger partial charge in [0.25, 0.3) is 0 Å². The van der Waals surface area contributed by atoms with Crippen molar-refractivity contribution in [1.82, 2.24) is 0 Å². The van der Waals surface area contributed by atoms with Crippen LogP contribution in [-0.4, -0.2) is 23.9 Å². The molecule has 0 aliphatic carbocycles. The fraction of sp³-hybridized carbons (Fsp3) is 0.538. The summed E-state index contributed by atoms with van der Waals surface area (Å²) >= 11 is 0. The Morgan fingerprint density at radius 2 is 1.95 bits per heavy atom. The Bertz CT molecular complexity index is 396. The second-order valence-electron chi connectivity index (χ2n) is 4.29. The quantitative estimate of drug-likeness (QED) is 0.840. The van der Waals surface area contributed by atoms with Crippen molar-refractivity contribution in [2.75, 3.05) is 6.61 Å². The zero-order valence-electron chi connectivity index (χ0n) is 10.7. The standard InChI is InChI=1S/C13H18F3NO2/c1-2-5-10(17)12(8-18)19-11-7-4-3-6-9(11)13(14,15)16/h3-4,6-7,10,12,18H,2,5,8,17H2,1H3. The molecule has 2 unspecified atom stereocenters. The van der Waals surface area contributed by atoms with Crippen LogP contribution in [-0.2, 0) is 6.18 Å². The predicted octanol–water partition coefficient (Wildman–Crippen LogP) is 2.57. The average Bonchev–Trinajstić information content (AvgIpc) is 2.35. The minimum absolute atomic E-state index is 0.305. The number of aliphatic hydroxyl groups excluding tert-OH is 1. The van der Waals surface area contributed by atoms with E-state index in [2.05, 4.69) is 0 Å². The van der Waals surface area contributed by atoms with E-state index in [1.807, 2.05) is 6.92 Å². The van der Waals surface area contributed by atoms with Crippen molar-refractivity contribution < 1.29 is 23.0 Å². The summed E-state index contributed by atoms with van der Waals surface area (Å²) in [6, 6.07) is 4.40. The predicted molar refractivity (Wildman–Crippen MR) is 65.8 cm³/mol. The van der Waals surface area contributed by atoms with Gasteiger partial charge in [-0.15, -0.1) is 0 Å². The van der Waals surface area contributed by atoms with Crippen molar-refractivity contribution >= 4 is 0 Å². The molecule has 0 saturated heterocycles. The molecule has 3 N–H and O–H groups in total. The van der Waals surface area contributed by atoms with Crippen LogP contribution >= 0.6 is 0 Å². The van der Waals surface area contributed by atoms with Crippen molar-refractivity contribution in [1.29, 1.82) is 0 Å². The van der Waals surface area contributed by atoms with Crippen molar-refractivity contribution in [3.63, 3.8) is 0 Å². The van der Waals surface area contributed by atoms with Gasteiger partial charge in [-0.05, 0) is 18.6 Å². The number of para-hydroxylation sites is 1. The Morgan fingerprint density at radius 1 is 1.32 bits per heavy atom. The fourth-order valence-corrected chi connectivity index (χ4v) is 1.75. The fourth-order valence-electron chi connectivity index (χ4n) is 1.75. The molecule has 0 amide bonds. The van der Waals surface area contributed by atoms with Crippen LogP contribution < -0.4 is 10.5 Å². The van der Waals surface area contributed by atoms with Gasteiger partial charge in [-0.25, -0.2) is 0 Å². The molecule has 0 fully saturated rings. The topological polar surface area (TPSA) is 55.5 Å². The van der Waals surface area contributed by atoms with Crippen molar-refractivity contribution in [2.45, 2.75) is 38.1 Å². The molecule has 19 heavy (non-hydrogen) atoms. The van der Waals surface area contributed by atoms with Crippen LogP contribution in [0.25, 0.3) is 0 Å². The van der Waals surface area contributed by atoms with Crippen LogP contribution in [0.4, 0.5) is 13.2 Å². The van der Waals surface area contributed by atoms with Gasteiger partial charge in [0.05, 0.1) is 12.2 Å². The Hall–Kier alpha value is -1.27. The van der Waals surface area contributed by atoms with Gasteiger partial charge in [0.2, 0.25) is 0 Å². The van der Waals surface area contributed by atoms with E-state index in [4.69, 9.17) is 10.5 Å². The molecule has 0 spiro atoms. The molecule has 0 aromatic heterocycles. The Morgan fingerprint density at radius 3 is 2.47 bits per heavy atom. The van der Waals surface area contributed by atoms with Gasteiger partial charge in [0.15, 0.2) is 0 Å². The molecule has 0 aliphatic heterocycles. The summed E-state index contributed by atoms with van der Waals surface area (Å²) in [6.45, 7) is 1.48. The molecule has 2 atom stereocenters. The third kappa shape index (κ3) is 4.40. The molecule has 0 aliphatic rings. The molecule has 0 radical (unpaired) electrons. The number of hydrogen-bond donors (Lipinski definition) is 2. The molecule has 1 aromatic rings. The van der Waals surface area contributed by atoms with Gasteiger partial charge in [-0.2, -0.15) is 13.2 Å². The van der Waals surface area contributed by atoms with E-state index in [0.29, 0.717) is 6.42 Å². The number of hydrogen-bond acceptors (Lipinski definition) is 3. The van der Waals surface area contributed by atoms with Gasteiger partial charge in [0, 0.05) is 6.04 Å². The highest BCUT2D eigenvalue weighted by atomic mass is 19.4. The highest BCUT2D eigenvalue weighted by Crippen LogP contribution is 2.36. The molecular weight excluding hydrogens is 259 g/mol. The first-order valence-corrected chi connectivity index (χ1v) is 6.09. The minimum Gasteiger partial charge on any atom is -0.486 e. The van der Waals surface area contributed by atoms with Crippen molar-refractivity contribution in [3.05, 3.63) is 29.8 Å². The van der Waals surface area contributed by atoms with E-state index in [1.165, 1.54) is 18.2 Å². The number of rotatable bonds is 6. The summed E-state index contributed by atoms with van der Waals surface area (Å²) in [5, 5.41) is 9.19. The maximum atomic E-state index is 12.8. The lowest BCUT2D eigenvalue weighted by molar-refractivity contribution is -0.139. The summed E-state index contributed by atoms with van der Waals surface area (Å²) in [5.74, 6) is -0.305. The summed E-state index contributed by atoms with van der Waals surface area (Å²) < 4.78 is 43.6. The molecule has 108 valence electrons. The first-order chi connectivity index (χ1) is 8.90. The molecule has 1 rings (SSSR count). The van der Waals surface area contributed by atoms with Crippen LogP contribution in [0, 0.1) is 0 Å². The molecule has 0 saturated carbocycles. The monoisotopic (exact) mass is 277 g/mol. The van der Waals surface area contributed by atoms with E-state index >= 15 is 0 Å². The van der Waals surface area contributed by atoms with Gasteiger partial charge in [0.1, 0.15) is 11.9 Å². The number of alkyl halides is 3. The zero-order valence-corrected chi connectivity index (χ0v) is 10.7. The zero-order chi connectivity index (χ0) is 14.5. The SMILES string of the molecule is CCCC(N)C(CO)Oc1ccccc1C(F)(F)F. The molecule has 0 bridgehead atoms. The molecule has 0 heterocycles. The van der Waals surface area contributed by atoms with Crippen molar-refractivity contribution in [3.8, 4) is 5.75 Å². The lowest BCUT2D eigenvalue weighted by atomic mass is 10.1. The van der Waals surface area contributed by atoms with Crippen LogP contribution in [0.2, 0.25) is 0 Å². The number of benzene rings is 1. The third-order valence-corrected chi connectivity index (χ3v) is 2.75. The number of nitrogens with two attached hydrogens (primary N) is 1. The Labute approximate surface area is 110 Å². The van der Waals surface area contributed by atoms with Gasteiger partial charge >= 0.3 is 6.18 Å². The van der Waals surface area contributed by atoms with Crippen LogP contribution in [0.15, 0.2) is 24.3 Å². The number of aliphatic hydroxyl groups is 1. The van der Waals surface area contributed by atoms with Crippen molar-refractivity contribution in [2.24, 2.45) is 5.73 Å². The number of halogens is 3. The summed E-state index contributed by atoms with van der Waals surface area (Å²) in [7, 11) is 0. The van der Waals surface area contributed by atoms with E-state index in [9.17, 15) is 18.3 Å². The normalized spacial score (nSPS) is 15.1. The third-order valence-electron chi connectivity index (χ3n) is 2.75. The molecular formula is C13H18F3NO2. The lowest BCUT2D eigenvalue weighted by Gasteiger charge is -2.24. The Kier molecular flexibility index (Phi) is 5.62. The van der Waals surface area contributed by atoms with E-state index in [-0.39, 0.29) is 5.75 Å². The first kappa shape index (κ1) is 15.8. The second-order valence-corrected chi connectivity index (χ2v) is 4.29. The van der Waals surface area contributed by atoms with E-state index < -0.39 is 30.5 Å². The highest BCUT2D eigenvalue weighted by Gasteiger charge is 2.35. The van der Waals surface area contributed by atoms with Crippen LogP contribution in [0.1, 0.15) is 25.3 Å². The maximum absolute atomic E-state index is 12.8. The first-order valence-electron chi connectivity index (χ1n) is 6.09. The maximum Gasteiger partial charge on any atom is 0.419 e. The Balaban J connectivity index is 2.91. The largest absolute Gasteiger partial charge is 0.486 e. The summed E-state index contributed by atoms with van der Waals surface area (Å²) in [4.78, 5) is 0. The lowest BCUT2D eigenvalue weighted by Crippen LogP contribution is -2.41. The van der Waals surface area contributed by atoms with Crippen LogP contribution in [0.5, 0.6) is 5.75 Å². The molecule has 3 nitrogen and oxygen atoms in total. The number of ether oxygens (including phenoxy) is 1.